The van der Waals surface area contributed by atoms with Gasteiger partial charge in [0.15, 0.2) is 0 Å². The molecule has 1 aromatic rings. The molecule has 1 saturated carbocycles. The van der Waals surface area contributed by atoms with Crippen LogP contribution in [0.25, 0.3) is 0 Å². The van der Waals surface area contributed by atoms with Crippen LogP contribution in [0.1, 0.15) is 62.0 Å². The van der Waals surface area contributed by atoms with Crippen LogP contribution in [0.5, 0.6) is 0 Å². The Labute approximate surface area is 163 Å². The number of ether oxygens (including phenoxy) is 1. The van der Waals surface area contributed by atoms with E-state index < -0.39 is 5.91 Å². The zero-order valence-corrected chi connectivity index (χ0v) is 16.9. The fourth-order valence-corrected chi connectivity index (χ4v) is 5.16. The molecule has 2 heterocycles. The first kappa shape index (κ1) is 21.1. The maximum absolute atomic E-state index is 11.6. The molecule has 1 aromatic heterocycles. The molecule has 0 aromatic carbocycles. The van der Waals surface area contributed by atoms with Crippen LogP contribution in [0.4, 0.5) is 0 Å². The van der Waals surface area contributed by atoms with Crippen LogP contribution in [0, 0.1) is 11.8 Å². The first-order valence-electron chi connectivity index (χ1n) is 9.58. The SMILES string of the molecule is CCCC(C)N1C[C@H]2CCC[C@@H](C1)[C@@]2(OC)c1ccnc(C(N)=O)c1.Cl. The minimum Gasteiger partial charge on any atom is -0.373 e. The molecule has 1 amide bonds. The van der Waals surface area contributed by atoms with Crippen molar-refractivity contribution in [3.05, 3.63) is 29.6 Å². The molecule has 0 radical (unpaired) electrons. The van der Waals surface area contributed by atoms with E-state index in [2.05, 4.69) is 23.7 Å². The summed E-state index contributed by atoms with van der Waals surface area (Å²) in [5.41, 5.74) is 6.53. The lowest BCUT2D eigenvalue weighted by Gasteiger charge is -2.56. The Morgan fingerprint density at radius 1 is 1.42 bits per heavy atom. The summed E-state index contributed by atoms with van der Waals surface area (Å²) in [6, 6.07) is 4.47. The summed E-state index contributed by atoms with van der Waals surface area (Å²) in [7, 11) is 1.82. The van der Waals surface area contributed by atoms with E-state index in [9.17, 15) is 4.79 Å². The first-order valence-corrected chi connectivity index (χ1v) is 9.58. The smallest absolute Gasteiger partial charge is 0.267 e. The third kappa shape index (κ3) is 3.62. The van der Waals surface area contributed by atoms with E-state index >= 15 is 0 Å². The molecule has 1 aliphatic carbocycles. The van der Waals surface area contributed by atoms with Gasteiger partial charge in [-0.2, -0.15) is 0 Å². The Kier molecular flexibility index (Phi) is 7.05. The predicted octanol–water partition coefficient (Wildman–Crippen LogP) is 3.36. The standard InChI is InChI=1S/C20H31N3O2.ClH/c1-4-6-14(2)23-12-16-7-5-8-17(13-23)20(16,25-3)15-9-10-22-18(11-15)19(21)24;/h9-11,14,16-17H,4-8,12-13H2,1-3H3,(H2,21,24);1H/t14?,16-,17+,20-;. The van der Waals surface area contributed by atoms with Gasteiger partial charge in [0.1, 0.15) is 11.3 Å². The average molecular weight is 382 g/mol. The number of hydrogen-bond acceptors (Lipinski definition) is 4. The van der Waals surface area contributed by atoms with Gasteiger partial charge in [0.05, 0.1) is 0 Å². The van der Waals surface area contributed by atoms with E-state index in [1.165, 1.54) is 19.3 Å². The van der Waals surface area contributed by atoms with E-state index in [-0.39, 0.29) is 18.0 Å². The average Bonchev–Trinajstić information content (AvgIpc) is 2.60. The quantitative estimate of drug-likeness (QED) is 0.820. The molecule has 146 valence electrons. The summed E-state index contributed by atoms with van der Waals surface area (Å²) < 4.78 is 6.25. The minimum absolute atomic E-state index is 0. The topological polar surface area (TPSA) is 68.4 Å². The van der Waals surface area contributed by atoms with Crippen molar-refractivity contribution in [1.82, 2.24) is 9.88 Å². The van der Waals surface area contributed by atoms with E-state index in [0.717, 1.165) is 31.5 Å². The Morgan fingerprint density at radius 2 is 2.08 bits per heavy atom. The number of pyridine rings is 1. The van der Waals surface area contributed by atoms with Crippen LogP contribution in [-0.2, 0) is 10.3 Å². The highest BCUT2D eigenvalue weighted by Crippen LogP contribution is 2.51. The number of carbonyl (C=O) groups excluding carboxylic acids is 1. The minimum atomic E-state index is -0.479. The number of amides is 1. The number of methoxy groups -OCH3 is 1. The zero-order chi connectivity index (χ0) is 18.0. The summed E-state index contributed by atoms with van der Waals surface area (Å²) in [6.07, 6.45) is 7.72. The van der Waals surface area contributed by atoms with E-state index in [1.807, 2.05) is 19.2 Å². The highest BCUT2D eigenvalue weighted by Gasteiger charge is 2.53. The Morgan fingerprint density at radius 3 is 2.62 bits per heavy atom. The number of fused-ring (bicyclic) bond motifs is 2. The number of piperidine rings is 1. The zero-order valence-electron chi connectivity index (χ0n) is 16.1. The number of primary amides is 1. The van der Waals surface area contributed by atoms with Gasteiger partial charge in [-0.25, -0.2) is 0 Å². The van der Waals surface area contributed by atoms with Gasteiger partial charge in [-0.15, -0.1) is 12.4 Å². The van der Waals surface area contributed by atoms with Crippen molar-refractivity contribution in [2.75, 3.05) is 20.2 Å². The third-order valence-electron chi connectivity index (χ3n) is 6.36. The van der Waals surface area contributed by atoms with Gasteiger partial charge in [0.25, 0.3) is 5.91 Å². The van der Waals surface area contributed by atoms with Gasteiger partial charge < -0.3 is 10.5 Å². The summed E-state index contributed by atoms with van der Waals surface area (Å²) in [5, 5.41) is 0. The molecule has 4 atom stereocenters. The Balaban J connectivity index is 0.00000243. The van der Waals surface area contributed by atoms with Crippen LogP contribution in [0.2, 0.25) is 0 Å². The van der Waals surface area contributed by atoms with Crippen LogP contribution in [0.3, 0.4) is 0 Å². The van der Waals surface area contributed by atoms with Crippen LogP contribution in [-0.4, -0.2) is 42.0 Å². The highest BCUT2D eigenvalue weighted by molar-refractivity contribution is 5.90. The number of nitrogens with two attached hydrogens (primary N) is 1. The fraction of sp³-hybridized carbons (Fsp3) is 0.700. The van der Waals surface area contributed by atoms with Crippen molar-refractivity contribution >= 4 is 18.3 Å². The molecule has 1 unspecified atom stereocenters. The number of nitrogens with zero attached hydrogens (tertiary/aromatic N) is 2. The lowest BCUT2D eigenvalue weighted by atomic mass is 9.62. The Bertz CT molecular complexity index is 611. The molecule has 2 bridgehead atoms. The van der Waals surface area contributed by atoms with Crippen LogP contribution >= 0.6 is 12.4 Å². The number of likely N-dealkylation sites (tertiary alicyclic amines) is 1. The largest absolute Gasteiger partial charge is 0.373 e. The van der Waals surface area contributed by atoms with Gasteiger partial charge in [-0.3, -0.25) is 14.7 Å². The van der Waals surface area contributed by atoms with Crippen molar-refractivity contribution in [3.8, 4) is 0 Å². The second kappa shape index (κ2) is 8.68. The van der Waals surface area contributed by atoms with Gasteiger partial charge in [-0.05, 0) is 43.9 Å². The number of halogens is 1. The van der Waals surface area contributed by atoms with Crippen molar-refractivity contribution in [3.63, 3.8) is 0 Å². The molecule has 5 nitrogen and oxygen atoms in total. The monoisotopic (exact) mass is 381 g/mol. The van der Waals surface area contributed by atoms with E-state index in [0.29, 0.717) is 23.6 Å². The second-order valence-electron chi connectivity index (χ2n) is 7.71. The number of carbonyl (C=O) groups is 1. The number of aromatic nitrogens is 1. The van der Waals surface area contributed by atoms with Crippen molar-refractivity contribution in [2.24, 2.45) is 17.6 Å². The van der Waals surface area contributed by atoms with Crippen LogP contribution < -0.4 is 5.73 Å². The third-order valence-corrected chi connectivity index (χ3v) is 6.36. The maximum Gasteiger partial charge on any atom is 0.267 e. The molecule has 2 aliphatic rings. The van der Waals surface area contributed by atoms with Crippen molar-refractivity contribution in [1.29, 1.82) is 0 Å². The first-order chi connectivity index (χ1) is 12.0. The van der Waals surface area contributed by atoms with E-state index in [4.69, 9.17) is 10.5 Å². The van der Waals surface area contributed by atoms with Crippen molar-refractivity contribution in [2.45, 2.75) is 57.6 Å². The maximum atomic E-state index is 11.6. The Hall–Kier alpha value is -1.17. The summed E-state index contributed by atoms with van der Waals surface area (Å²) in [6.45, 7) is 6.71. The lowest BCUT2D eigenvalue weighted by Crippen LogP contribution is -2.60. The summed E-state index contributed by atoms with van der Waals surface area (Å²) in [4.78, 5) is 18.4. The predicted molar refractivity (Wildman–Crippen MR) is 105 cm³/mol. The molecular weight excluding hydrogens is 350 g/mol. The number of rotatable bonds is 6. The molecule has 6 heteroatoms. The van der Waals surface area contributed by atoms with Gasteiger partial charge in [0, 0.05) is 44.3 Å². The number of hydrogen-bond donors (Lipinski definition) is 1. The fourth-order valence-electron chi connectivity index (χ4n) is 5.16. The molecular formula is C20H32ClN3O2. The normalized spacial score (nSPS) is 29.7. The van der Waals surface area contributed by atoms with Crippen molar-refractivity contribution < 1.29 is 9.53 Å². The van der Waals surface area contributed by atoms with Gasteiger partial charge >= 0.3 is 0 Å². The molecule has 2 N–H and O–H groups in total. The molecule has 0 spiro atoms. The summed E-state index contributed by atoms with van der Waals surface area (Å²) >= 11 is 0. The molecule has 26 heavy (non-hydrogen) atoms. The summed E-state index contributed by atoms with van der Waals surface area (Å²) in [5.74, 6) is 0.395. The van der Waals surface area contributed by atoms with E-state index in [1.54, 1.807) is 6.20 Å². The van der Waals surface area contributed by atoms with Gasteiger partial charge in [0.2, 0.25) is 0 Å². The molecule has 3 rings (SSSR count). The van der Waals surface area contributed by atoms with Crippen LogP contribution in [0.15, 0.2) is 18.3 Å². The highest BCUT2D eigenvalue weighted by atomic mass is 35.5. The van der Waals surface area contributed by atoms with Gasteiger partial charge in [-0.1, -0.05) is 19.8 Å². The molecule has 2 fully saturated rings. The second-order valence-corrected chi connectivity index (χ2v) is 7.71. The molecule has 1 aliphatic heterocycles. The molecule has 1 saturated heterocycles. The lowest BCUT2D eigenvalue weighted by molar-refractivity contribution is -0.173.